The fourth-order valence-electron chi connectivity index (χ4n) is 2.67. The van der Waals surface area contributed by atoms with E-state index in [-0.39, 0.29) is 0 Å². The molecule has 0 aliphatic heterocycles. The van der Waals surface area contributed by atoms with Gasteiger partial charge in [-0.25, -0.2) is 0 Å². The number of aliphatic hydroxyl groups excluding tert-OH is 1. The third-order valence-corrected chi connectivity index (χ3v) is 4.13. The Bertz CT molecular complexity index is 792. The monoisotopic (exact) mass is 301 g/mol. The third kappa shape index (κ3) is 2.52. The number of benzene rings is 1. The molecule has 0 saturated heterocycles. The number of rotatable bonds is 3. The topological polar surface area (TPSA) is 50.9 Å². The first-order valence-electron chi connectivity index (χ1n) is 6.77. The van der Waals surface area contributed by atoms with Crippen LogP contribution in [0.2, 0.25) is 5.15 Å². The van der Waals surface area contributed by atoms with Gasteiger partial charge in [-0.3, -0.25) is 9.67 Å². The molecule has 3 aromatic rings. The van der Waals surface area contributed by atoms with Crippen molar-refractivity contribution in [2.24, 2.45) is 7.05 Å². The van der Waals surface area contributed by atoms with Crippen molar-refractivity contribution in [3.8, 4) is 0 Å². The van der Waals surface area contributed by atoms with Crippen LogP contribution in [-0.2, 0) is 13.5 Å². The lowest BCUT2D eigenvalue weighted by Gasteiger charge is -2.12. The van der Waals surface area contributed by atoms with E-state index in [1.54, 1.807) is 17.9 Å². The summed E-state index contributed by atoms with van der Waals surface area (Å²) in [6.45, 7) is 1.86. The predicted molar refractivity (Wildman–Crippen MR) is 83.4 cm³/mol. The molecule has 2 heterocycles. The van der Waals surface area contributed by atoms with Crippen LogP contribution in [0.5, 0.6) is 0 Å². The van der Waals surface area contributed by atoms with Crippen LogP contribution in [0.3, 0.4) is 0 Å². The fourth-order valence-corrected chi connectivity index (χ4v) is 2.97. The van der Waals surface area contributed by atoms with Gasteiger partial charge < -0.3 is 5.11 Å². The van der Waals surface area contributed by atoms with Crippen molar-refractivity contribution in [2.45, 2.75) is 19.4 Å². The molecule has 0 amide bonds. The minimum absolute atomic E-state index is 0.481. The molecule has 0 fully saturated rings. The Balaban J connectivity index is 1.98. The molecule has 0 radical (unpaired) electrons. The number of hydrogen-bond donors (Lipinski definition) is 1. The zero-order valence-electron chi connectivity index (χ0n) is 11.9. The molecule has 3 rings (SSSR count). The molecule has 108 valence electrons. The molecule has 0 aliphatic carbocycles. The SMILES string of the molecule is Cc1nn(C)c(Cl)c1C(O)Cc1ccnc2ccccc12. The van der Waals surface area contributed by atoms with E-state index in [9.17, 15) is 5.11 Å². The second-order valence-corrected chi connectivity index (χ2v) is 5.48. The molecule has 0 saturated carbocycles. The average Bonchev–Trinajstić information content (AvgIpc) is 2.72. The van der Waals surface area contributed by atoms with E-state index in [2.05, 4.69) is 10.1 Å². The molecule has 2 aromatic heterocycles. The normalized spacial score (nSPS) is 12.8. The number of halogens is 1. The van der Waals surface area contributed by atoms with Gasteiger partial charge in [0.05, 0.1) is 17.3 Å². The van der Waals surface area contributed by atoms with Gasteiger partial charge in [0, 0.05) is 30.6 Å². The maximum absolute atomic E-state index is 10.6. The number of para-hydroxylation sites is 1. The van der Waals surface area contributed by atoms with Crippen LogP contribution >= 0.6 is 11.6 Å². The van der Waals surface area contributed by atoms with Gasteiger partial charge in [0.2, 0.25) is 0 Å². The highest BCUT2D eigenvalue weighted by Gasteiger charge is 2.20. The van der Waals surface area contributed by atoms with Gasteiger partial charge in [0.1, 0.15) is 5.15 Å². The zero-order chi connectivity index (χ0) is 15.0. The van der Waals surface area contributed by atoms with Crippen molar-refractivity contribution in [3.63, 3.8) is 0 Å². The van der Waals surface area contributed by atoms with Gasteiger partial charge in [-0.05, 0) is 24.6 Å². The van der Waals surface area contributed by atoms with E-state index in [4.69, 9.17) is 11.6 Å². The molecule has 1 atom stereocenters. The molecule has 1 N–H and O–H groups in total. The molecule has 1 unspecified atom stereocenters. The van der Waals surface area contributed by atoms with Crippen molar-refractivity contribution in [2.75, 3.05) is 0 Å². The third-order valence-electron chi connectivity index (χ3n) is 3.68. The summed E-state index contributed by atoms with van der Waals surface area (Å²) in [5.41, 5.74) is 3.43. The zero-order valence-corrected chi connectivity index (χ0v) is 12.7. The predicted octanol–water partition coefficient (Wildman–Crippen LogP) is 3.21. The Labute approximate surface area is 128 Å². The number of aromatic nitrogens is 3. The fraction of sp³-hybridized carbons (Fsp3) is 0.250. The van der Waals surface area contributed by atoms with Crippen molar-refractivity contribution >= 4 is 22.5 Å². The smallest absolute Gasteiger partial charge is 0.132 e. The van der Waals surface area contributed by atoms with Gasteiger partial charge in [-0.2, -0.15) is 5.10 Å². The van der Waals surface area contributed by atoms with Crippen molar-refractivity contribution in [1.29, 1.82) is 0 Å². The van der Waals surface area contributed by atoms with Crippen LogP contribution in [0.1, 0.15) is 22.9 Å². The Hall–Kier alpha value is -1.91. The van der Waals surface area contributed by atoms with Gasteiger partial charge >= 0.3 is 0 Å². The van der Waals surface area contributed by atoms with Crippen molar-refractivity contribution in [3.05, 3.63) is 58.5 Å². The second-order valence-electron chi connectivity index (χ2n) is 5.12. The number of fused-ring (bicyclic) bond motifs is 1. The lowest BCUT2D eigenvalue weighted by molar-refractivity contribution is 0.178. The number of nitrogens with zero attached hydrogens (tertiary/aromatic N) is 3. The quantitative estimate of drug-likeness (QED) is 0.808. The summed E-state index contributed by atoms with van der Waals surface area (Å²) in [4.78, 5) is 4.34. The molecule has 4 nitrogen and oxygen atoms in total. The summed E-state index contributed by atoms with van der Waals surface area (Å²) in [5, 5.41) is 16.3. The number of hydrogen-bond acceptors (Lipinski definition) is 3. The highest BCUT2D eigenvalue weighted by molar-refractivity contribution is 6.30. The Morgan fingerprint density at radius 2 is 2.05 bits per heavy atom. The van der Waals surface area contributed by atoms with Crippen molar-refractivity contribution in [1.82, 2.24) is 14.8 Å². The maximum atomic E-state index is 10.6. The van der Waals surface area contributed by atoms with E-state index in [1.807, 2.05) is 37.3 Å². The summed E-state index contributed by atoms with van der Waals surface area (Å²) in [6.07, 6.45) is 1.56. The average molecular weight is 302 g/mol. The molecular formula is C16H16ClN3O. The van der Waals surface area contributed by atoms with Crippen LogP contribution in [0.25, 0.3) is 10.9 Å². The second kappa shape index (κ2) is 5.47. The van der Waals surface area contributed by atoms with Gasteiger partial charge in [0.15, 0.2) is 0 Å². The van der Waals surface area contributed by atoms with Crippen molar-refractivity contribution < 1.29 is 5.11 Å². The highest BCUT2D eigenvalue weighted by Crippen LogP contribution is 2.29. The molecular weight excluding hydrogens is 286 g/mol. The van der Waals surface area contributed by atoms with Crippen LogP contribution in [-0.4, -0.2) is 19.9 Å². The van der Waals surface area contributed by atoms with E-state index in [0.29, 0.717) is 17.1 Å². The lowest BCUT2D eigenvalue weighted by atomic mass is 9.99. The molecule has 0 aliphatic rings. The summed E-state index contributed by atoms with van der Waals surface area (Å²) >= 11 is 6.22. The van der Waals surface area contributed by atoms with E-state index >= 15 is 0 Å². The van der Waals surface area contributed by atoms with E-state index in [1.165, 1.54) is 0 Å². The number of pyridine rings is 1. The van der Waals surface area contributed by atoms with E-state index in [0.717, 1.165) is 22.2 Å². The largest absolute Gasteiger partial charge is 0.388 e. The van der Waals surface area contributed by atoms with Gasteiger partial charge in [0.25, 0.3) is 0 Å². The summed E-state index contributed by atoms with van der Waals surface area (Å²) in [5.74, 6) is 0. The number of aryl methyl sites for hydroxylation is 2. The first-order chi connectivity index (χ1) is 10.1. The molecule has 1 aromatic carbocycles. The van der Waals surface area contributed by atoms with Gasteiger partial charge in [-0.1, -0.05) is 29.8 Å². The highest BCUT2D eigenvalue weighted by atomic mass is 35.5. The molecule has 21 heavy (non-hydrogen) atoms. The van der Waals surface area contributed by atoms with Crippen LogP contribution in [0.4, 0.5) is 0 Å². The maximum Gasteiger partial charge on any atom is 0.132 e. The molecule has 0 bridgehead atoms. The Morgan fingerprint density at radius 1 is 1.29 bits per heavy atom. The molecule has 0 spiro atoms. The first kappa shape index (κ1) is 14.0. The minimum Gasteiger partial charge on any atom is -0.388 e. The summed E-state index contributed by atoms with van der Waals surface area (Å²) in [6, 6.07) is 9.85. The standard InChI is InChI=1S/C16H16ClN3O/c1-10-15(16(17)20(2)19-10)14(21)9-11-7-8-18-13-6-4-3-5-12(11)13/h3-8,14,21H,9H2,1-2H3. The van der Waals surface area contributed by atoms with Gasteiger partial charge in [-0.15, -0.1) is 0 Å². The number of aliphatic hydroxyl groups is 1. The Morgan fingerprint density at radius 3 is 2.76 bits per heavy atom. The van der Waals surface area contributed by atoms with E-state index < -0.39 is 6.10 Å². The lowest BCUT2D eigenvalue weighted by Crippen LogP contribution is -2.04. The summed E-state index contributed by atoms with van der Waals surface area (Å²) < 4.78 is 1.58. The first-order valence-corrected chi connectivity index (χ1v) is 7.15. The van der Waals surface area contributed by atoms with Crippen LogP contribution in [0, 0.1) is 6.92 Å². The summed E-state index contributed by atoms with van der Waals surface area (Å²) in [7, 11) is 1.77. The van der Waals surface area contributed by atoms with Crippen LogP contribution < -0.4 is 0 Å². The Kier molecular flexibility index (Phi) is 3.66. The molecule has 5 heteroatoms. The minimum atomic E-state index is -0.683. The van der Waals surface area contributed by atoms with Crippen LogP contribution in [0.15, 0.2) is 36.5 Å².